The SMILES string of the molecule is NC(=O)C1CC=CN(Cc2ccccc2)C1.O=S(=O)(O)C(F)(F)F. The van der Waals surface area contributed by atoms with E-state index in [1.807, 2.05) is 30.5 Å². The van der Waals surface area contributed by atoms with E-state index in [0.29, 0.717) is 0 Å². The number of hydrogen-bond donors (Lipinski definition) is 2. The number of rotatable bonds is 3. The number of carbonyl (C=O) groups excluding carboxylic acids is 1. The molecule has 0 radical (unpaired) electrons. The van der Waals surface area contributed by atoms with Crippen molar-refractivity contribution in [3.05, 3.63) is 48.2 Å². The van der Waals surface area contributed by atoms with Crippen molar-refractivity contribution < 1.29 is 30.9 Å². The number of allylic oxidation sites excluding steroid dienone is 1. The molecule has 6 nitrogen and oxygen atoms in total. The molecule has 0 saturated heterocycles. The van der Waals surface area contributed by atoms with Crippen LogP contribution in [-0.2, 0) is 21.5 Å². The van der Waals surface area contributed by atoms with Gasteiger partial charge in [-0.15, -0.1) is 0 Å². The molecule has 0 fully saturated rings. The Morgan fingerprint density at radius 3 is 2.29 bits per heavy atom. The molecule has 0 spiro atoms. The van der Waals surface area contributed by atoms with Gasteiger partial charge in [0.05, 0.1) is 5.92 Å². The third-order valence-electron chi connectivity index (χ3n) is 3.12. The van der Waals surface area contributed by atoms with Gasteiger partial charge < -0.3 is 10.6 Å². The van der Waals surface area contributed by atoms with Crippen molar-refractivity contribution in [2.75, 3.05) is 6.54 Å². The zero-order valence-electron chi connectivity index (χ0n) is 12.5. The standard InChI is InChI=1S/C13H16N2O.CHF3O3S/c14-13(16)12-7-4-8-15(10-12)9-11-5-2-1-3-6-11;2-1(3,4)8(5,6)7/h1-6,8,12H,7,9-10H2,(H2,14,16);(H,5,6,7). The summed E-state index contributed by atoms with van der Waals surface area (Å²) in [5.74, 6) is -0.254. The van der Waals surface area contributed by atoms with Crippen molar-refractivity contribution in [1.82, 2.24) is 4.90 Å². The Morgan fingerprint density at radius 2 is 1.83 bits per heavy atom. The summed E-state index contributed by atoms with van der Waals surface area (Å²) in [4.78, 5) is 13.2. The quantitative estimate of drug-likeness (QED) is 0.629. The monoisotopic (exact) mass is 366 g/mol. The normalized spacial score (nSPS) is 17.8. The second-order valence-corrected chi connectivity index (χ2v) is 6.47. The van der Waals surface area contributed by atoms with Crippen molar-refractivity contribution in [1.29, 1.82) is 0 Å². The average molecular weight is 366 g/mol. The lowest BCUT2D eigenvalue weighted by atomic mass is 10.0. The van der Waals surface area contributed by atoms with Crippen LogP contribution in [0.4, 0.5) is 13.2 Å². The number of primary amides is 1. The molecule has 0 aromatic heterocycles. The summed E-state index contributed by atoms with van der Waals surface area (Å²) in [5.41, 5.74) is 1.04. The zero-order chi connectivity index (χ0) is 18.4. The second-order valence-electron chi connectivity index (χ2n) is 5.06. The second kappa shape index (κ2) is 8.15. The highest BCUT2D eigenvalue weighted by molar-refractivity contribution is 7.86. The van der Waals surface area contributed by atoms with Crippen LogP contribution in [0.2, 0.25) is 0 Å². The molecular formula is C14H17F3N2O4S. The van der Waals surface area contributed by atoms with E-state index in [4.69, 9.17) is 18.7 Å². The minimum atomic E-state index is -5.84. The number of amides is 1. The number of hydrogen-bond acceptors (Lipinski definition) is 4. The highest BCUT2D eigenvalue weighted by atomic mass is 32.2. The molecule has 1 unspecified atom stereocenters. The largest absolute Gasteiger partial charge is 0.522 e. The van der Waals surface area contributed by atoms with E-state index >= 15 is 0 Å². The predicted octanol–water partition coefficient (Wildman–Crippen LogP) is 1.90. The Kier molecular flexibility index (Phi) is 6.79. The lowest BCUT2D eigenvalue weighted by Gasteiger charge is -2.28. The molecule has 2 rings (SSSR count). The molecule has 10 heteroatoms. The van der Waals surface area contributed by atoms with Gasteiger partial charge >= 0.3 is 15.6 Å². The van der Waals surface area contributed by atoms with E-state index in [9.17, 15) is 18.0 Å². The van der Waals surface area contributed by atoms with Gasteiger partial charge in [0.2, 0.25) is 5.91 Å². The molecule has 0 bridgehead atoms. The van der Waals surface area contributed by atoms with Crippen LogP contribution in [-0.4, -0.2) is 35.8 Å². The van der Waals surface area contributed by atoms with Crippen LogP contribution >= 0.6 is 0 Å². The fourth-order valence-corrected chi connectivity index (χ4v) is 1.93. The summed E-state index contributed by atoms with van der Waals surface area (Å²) in [6.07, 6.45) is 4.83. The van der Waals surface area contributed by atoms with Crippen LogP contribution in [0.3, 0.4) is 0 Å². The first-order chi connectivity index (χ1) is 11.0. The molecule has 3 N–H and O–H groups in total. The highest BCUT2D eigenvalue weighted by Crippen LogP contribution is 2.20. The van der Waals surface area contributed by atoms with E-state index in [1.165, 1.54) is 5.56 Å². The molecule has 1 amide bonds. The van der Waals surface area contributed by atoms with Crippen LogP contribution in [0.15, 0.2) is 42.6 Å². The number of nitrogens with two attached hydrogens (primary N) is 1. The molecule has 0 aliphatic carbocycles. The smallest absolute Gasteiger partial charge is 0.373 e. The van der Waals surface area contributed by atoms with E-state index in [-0.39, 0.29) is 11.8 Å². The minimum Gasteiger partial charge on any atom is -0.373 e. The zero-order valence-corrected chi connectivity index (χ0v) is 13.3. The van der Waals surface area contributed by atoms with E-state index in [2.05, 4.69) is 17.0 Å². The fourth-order valence-electron chi connectivity index (χ4n) is 1.93. The van der Waals surface area contributed by atoms with E-state index in [1.54, 1.807) is 0 Å². The number of alkyl halides is 3. The summed E-state index contributed by atoms with van der Waals surface area (Å²) < 4.78 is 57.5. The van der Waals surface area contributed by atoms with E-state index < -0.39 is 15.6 Å². The maximum Gasteiger partial charge on any atom is 0.522 e. The third kappa shape index (κ3) is 6.59. The Balaban J connectivity index is 0.000000307. The molecule has 1 aliphatic heterocycles. The Hall–Kier alpha value is -2.07. The highest BCUT2D eigenvalue weighted by Gasteiger charge is 2.44. The number of halogens is 3. The lowest BCUT2D eigenvalue weighted by Crippen LogP contribution is -2.35. The number of benzene rings is 1. The number of nitrogens with zero attached hydrogens (tertiary/aromatic N) is 1. The van der Waals surface area contributed by atoms with Gasteiger partial charge in [0.15, 0.2) is 0 Å². The molecule has 1 atom stereocenters. The molecule has 24 heavy (non-hydrogen) atoms. The van der Waals surface area contributed by atoms with Gasteiger partial charge in [-0.3, -0.25) is 9.35 Å². The summed E-state index contributed by atoms with van der Waals surface area (Å²) in [7, 11) is -5.84. The van der Waals surface area contributed by atoms with Crippen LogP contribution < -0.4 is 5.73 Å². The predicted molar refractivity (Wildman–Crippen MR) is 80.9 cm³/mol. The third-order valence-corrected chi connectivity index (χ3v) is 3.70. The minimum absolute atomic E-state index is 0.0475. The van der Waals surface area contributed by atoms with Crippen LogP contribution in [0.25, 0.3) is 0 Å². The van der Waals surface area contributed by atoms with Crippen molar-refractivity contribution in [3.8, 4) is 0 Å². The fraction of sp³-hybridized carbons (Fsp3) is 0.357. The maximum absolute atomic E-state index is 11.1. The van der Waals surface area contributed by atoms with Crippen molar-refractivity contribution in [3.63, 3.8) is 0 Å². The molecule has 0 saturated carbocycles. The first-order valence-electron chi connectivity index (χ1n) is 6.78. The van der Waals surface area contributed by atoms with Gasteiger partial charge in [0, 0.05) is 13.1 Å². The Bertz CT molecular complexity index is 675. The number of carbonyl (C=O) groups is 1. The summed E-state index contributed by atoms with van der Waals surface area (Å²) >= 11 is 0. The van der Waals surface area contributed by atoms with Crippen molar-refractivity contribution >= 4 is 16.0 Å². The lowest BCUT2D eigenvalue weighted by molar-refractivity contribution is -0.122. The van der Waals surface area contributed by atoms with Crippen LogP contribution in [0.5, 0.6) is 0 Å². The van der Waals surface area contributed by atoms with Crippen molar-refractivity contribution in [2.24, 2.45) is 11.7 Å². The molecule has 1 aromatic rings. The van der Waals surface area contributed by atoms with Crippen LogP contribution in [0.1, 0.15) is 12.0 Å². The van der Waals surface area contributed by atoms with Gasteiger partial charge in [-0.1, -0.05) is 36.4 Å². The van der Waals surface area contributed by atoms with Gasteiger partial charge in [-0.25, -0.2) is 0 Å². The van der Waals surface area contributed by atoms with E-state index in [0.717, 1.165) is 19.5 Å². The topological polar surface area (TPSA) is 101 Å². The average Bonchev–Trinajstić information content (AvgIpc) is 2.47. The molecule has 134 valence electrons. The van der Waals surface area contributed by atoms with Gasteiger partial charge in [0.1, 0.15) is 0 Å². The van der Waals surface area contributed by atoms with Crippen LogP contribution in [0, 0.1) is 5.92 Å². The van der Waals surface area contributed by atoms with Gasteiger partial charge in [-0.05, 0) is 18.2 Å². The Morgan fingerprint density at radius 1 is 1.29 bits per heavy atom. The maximum atomic E-state index is 11.1. The molecule has 1 aromatic carbocycles. The first-order valence-corrected chi connectivity index (χ1v) is 8.22. The molecule has 1 heterocycles. The van der Waals surface area contributed by atoms with Gasteiger partial charge in [-0.2, -0.15) is 21.6 Å². The first kappa shape index (κ1) is 20.0. The summed E-state index contributed by atoms with van der Waals surface area (Å²) in [6.45, 7) is 1.56. The summed E-state index contributed by atoms with van der Waals surface area (Å²) in [5, 5.41) is 0. The molecule has 1 aliphatic rings. The molecular weight excluding hydrogens is 349 g/mol. The summed E-state index contributed by atoms with van der Waals surface area (Å²) in [6, 6.07) is 10.2. The van der Waals surface area contributed by atoms with Gasteiger partial charge in [0.25, 0.3) is 0 Å². The Labute approximate surface area is 137 Å². The van der Waals surface area contributed by atoms with Crippen molar-refractivity contribution in [2.45, 2.75) is 18.5 Å².